The highest BCUT2D eigenvalue weighted by Gasteiger charge is 2.17. The summed E-state index contributed by atoms with van der Waals surface area (Å²) in [6.07, 6.45) is 0. The Labute approximate surface area is 246 Å². The largest absolute Gasteiger partial charge is 0.0622 e. The summed E-state index contributed by atoms with van der Waals surface area (Å²) in [6, 6.07) is 61.7. The lowest BCUT2D eigenvalue weighted by atomic mass is 9.85. The molecular weight excluding hydrogens is 504 g/mol. The maximum atomic E-state index is 2.34. The lowest BCUT2D eigenvalue weighted by molar-refractivity contribution is 1.58. The van der Waals surface area contributed by atoms with Crippen LogP contribution >= 0.6 is 0 Å². The maximum absolute atomic E-state index is 2.34. The number of benzene rings is 8. The first-order valence-electron chi connectivity index (χ1n) is 14.5. The summed E-state index contributed by atoms with van der Waals surface area (Å²) in [5.74, 6) is 0. The quantitative estimate of drug-likeness (QED) is 0.198. The maximum Gasteiger partial charge on any atom is -0.00262 e. The van der Waals surface area contributed by atoms with Crippen LogP contribution in [0.4, 0.5) is 0 Å². The van der Waals surface area contributed by atoms with E-state index in [0.29, 0.717) is 0 Å². The molecule has 8 rings (SSSR count). The van der Waals surface area contributed by atoms with Crippen LogP contribution in [0.15, 0.2) is 170 Å². The van der Waals surface area contributed by atoms with Gasteiger partial charge in [-0.05, 0) is 82.9 Å². The standard InChI is InChI=1S/C42H28/c1-2-13-30(14-3-1)35-16-6-7-17-36(35)31-23-25-32(26-24-31)41-37-18-8-10-20-39(37)42(40-21-11-9-19-38(40)41)34-27-22-29-12-4-5-15-33(29)28-34/h1-28H. The molecule has 0 nitrogen and oxygen atoms in total. The van der Waals surface area contributed by atoms with Gasteiger partial charge in [0.25, 0.3) is 0 Å². The molecule has 0 aliphatic heterocycles. The molecule has 0 saturated carbocycles. The molecule has 0 aliphatic carbocycles. The monoisotopic (exact) mass is 532 g/mol. The van der Waals surface area contributed by atoms with Gasteiger partial charge in [-0.3, -0.25) is 0 Å². The van der Waals surface area contributed by atoms with E-state index in [4.69, 9.17) is 0 Å². The molecule has 0 amide bonds. The minimum absolute atomic E-state index is 1.22. The zero-order chi connectivity index (χ0) is 27.9. The third-order valence-electron chi connectivity index (χ3n) is 8.47. The molecule has 8 aromatic carbocycles. The smallest absolute Gasteiger partial charge is 0.00262 e. The summed E-state index contributed by atoms with van der Waals surface area (Å²) in [5, 5.41) is 7.63. The van der Waals surface area contributed by atoms with Crippen molar-refractivity contribution in [3.8, 4) is 44.5 Å². The van der Waals surface area contributed by atoms with Crippen molar-refractivity contribution in [1.82, 2.24) is 0 Å². The van der Waals surface area contributed by atoms with Crippen LogP contribution in [0.1, 0.15) is 0 Å². The lowest BCUT2D eigenvalue weighted by Gasteiger charge is -2.18. The Morgan fingerprint density at radius 1 is 0.238 bits per heavy atom. The van der Waals surface area contributed by atoms with Gasteiger partial charge in [-0.25, -0.2) is 0 Å². The van der Waals surface area contributed by atoms with Gasteiger partial charge in [0.1, 0.15) is 0 Å². The number of fused-ring (bicyclic) bond motifs is 3. The van der Waals surface area contributed by atoms with Gasteiger partial charge in [0, 0.05) is 0 Å². The molecule has 0 radical (unpaired) electrons. The second kappa shape index (κ2) is 10.2. The molecule has 0 heterocycles. The van der Waals surface area contributed by atoms with E-state index in [1.165, 1.54) is 76.8 Å². The predicted octanol–water partition coefficient (Wildman–Crippen LogP) is 11.8. The minimum atomic E-state index is 1.22. The Bertz CT molecular complexity index is 2160. The van der Waals surface area contributed by atoms with E-state index in [1.54, 1.807) is 0 Å². The fourth-order valence-electron chi connectivity index (χ4n) is 6.52. The van der Waals surface area contributed by atoms with Crippen molar-refractivity contribution in [2.24, 2.45) is 0 Å². The van der Waals surface area contributed by atoms with Gasteiger partial charge in [-0.1, -0.05) is 164 Å². The van der Waals surface area contributed by atoms with Crippen LogP contribution in [-0.4, -0.2) is 0 Å². The topological polar surface area (TPSA) is 0 Å². The summed E-state index contributed by atoms with van der Waals surface area (Å²) >= 11 is 0. The molecular formula is C42H28. The molecule has 0 unspecified atom stereocenters. The number of hydrogen-bond donors (Lipinski definition) is 0. The van der Waals surface area contributed by atoms with Gasteiger partial charge in [0.2, 0.25) is 0 Å². The highest BCUT2D eigenvalue weighted by molar-refractivity contribution is 6.21. The van der Waals surface area contributed by atoms with Crippen molar-refractivity contribution in [3.05, 3.63) is 170 Å². The van der Waals surface area contributed by atoms with Crippen LogP contribution in [-0.2, 0) is 0 Å². The molecule has 0 spiro atoms. The molecule has 42 heavy (non-hydrogen) atoms. The van der Waals surface area contributed by atoms with Crippen molar-refractivity contribution in [1.29, 1.82) is 0 Å². The zero-order valence-electron chi connectivity index (χ0n) is 23.2. The molecule has 0 saturated heterocycles. The van der Waals surface area contributed by atoms with Crippen LogP contribution in [0.25, 0.3) is 76.8 Å². The van der Waals surface area contributed by atoms with E-state index in [9.17, 15) is 0 Å². The number of rotatable bonds is 4. The van der Waals surface area contributed by atoms with Crippen LogP contribution < -0.4 is 0 Å². The van der Waals surface area contributed by atoms with E-state index in [-0.39, 0.29) is 0 Å². The molecule has 0 N–H and O–H groups in total. The Hall–Kier alpha value is -5.46. The molecule has 196 valence electrons. The number of hydrogen-bond acceptors (Lipinski definition) is 0. The van der Waals surface area contributed by atoms with Crippen molar-refractivity contribution in [2.75, 3.05) is 0 Å². The summed E-state index contributed by atoms with van der Waals surface area (Å²) in [6.45, 7) is 0. The van der Waals surface area contributed by atoms with E-state index < -0.39 is 0 Å². The SMILES string of the molecule is c1ccc(-c2ccccc2-c2ccc(-c3c4ccccc4c(-c4ccc5ccccc5c4)c4ccccc34)cc2)cc1. The van der Waals surface area contributed by atoms with E-state index in [2.05, 4.69) is 170 Å². The molecule has 0 heteroatoms. The van der Waals surface area contributed by atoms with E-state index in [0.717, 1.165) is 0 Å². The van der Waals surface area contributed by atoms with Crippen molar-refractivity contribution < 1.29 is 0 Å². The molecule has 0 aliphatic rings. The summed E-state index contributed by atoms with van der Waals surface area (Å²) in [5.41, 5.74) is 10.0. The predicted molar refractivity (Wildman–Crippen MR) is 181 cm³/mol. The Morgan fingerprint density at radius 2 is 0.643 bits per heavy atom. The zero-order valence-corrected chi connectivity index (χ0v) is 23.2. The lowest BCUT2D eigenvalue weighted by Crippen LogP contribution is -1.91. The molecule has 8 aromatic rings. The summed E-state index contributed by atoms with van der Waals surface area (Å²) < 4.78 is 0. The third kappa shape index (κ3) is 4.08. The normalized spacial score (nSPS) is 11.3. The molecule has 0 atom stereocenters. The van der Waals surface area contributed by atoms with Gasteiger partial charge in [0.15, 0.2) is 0 Å². The van der Waals surface area contributed by atoms with Gasteiger partial charge in [0.05, 0.1) is 0 Å². The molecule has 0 fully saturated rings. The fraction of sp³-hybridized carbons (Fsp3) is 0. The van der Waals surface area contributed by atoms with Crippen molar-refractivity contribution in [2.45, 2.75) is 0 Å². The fourth-order valence-corrected chi connectivity index (χ4v) is 6.52. The van der Waals surface area contributed by atoms with Crippen molar-refractivity contribution >= 4 is 32.3 Å². The van der Waals surface area contributed by atoms with Gasteiger partial charge in [-0.2, -0.15) is 0 Å². The Kier molecular flexibility index (Phi) is 5.90. The Balaban J connectivity index is 1.33. The van der Waals surface area contributed by atoms with Crippen LogP contribution in [0.2, 0.25) is 0 Å². The second-order valence-electron chi connectivity index (χ2n) is 10.9. The van der Waals surface area contributed by atoms with Crippen LogP contribution in [0, 0.1) is 0 Å². The summed E-state index contributed by atoms with van der Waals surface area (Å²) in [4.78, 5) is 0. The van der Waals surface area contributed by atoms with E-state index in [1.807, 2.05) is 0 Å². The van der Waals surface area contributed by atoms with Gasteiger partial charge >= 0.3 is 0 Å². The third-order valence-corrected chi connectivity index (χ3v) is 8.47. The molecule has 0 bridgehead atoms. The van der Waals surface area contributed by atoms with Gasteiger partial charge < -0.3 is 0 Å². The first-order valence-corrected chi connectivity index (χ1v) is 14.5. The Morgan fingerprint density at radius 3 is 1.24 bits per heavy atom. The summed E-state index contributed by atoms with van der Waals surface area (Å²) in [7, 11) is 0. The van der Waals surface area contributed by atoms with E-state index >= 15 is 0 Å². The second-order valence-corrected chi connectivity index (χ2v) is 10.9. The minimum Gasteiger partial charge on any atom is -0.0622 e. The van der Waals surface area contributed by atoms with Crippen LogP contribution in [0.3, 0.4) is 0 Å². The van der Waals surface area contributed by atoms with Crippen molar-refractivity contribution in [3.63, 3.8) is 0 Å². The van der Waals surface area contributed by atoms with Gasteiger partial charge in [-0.15, -0.1) is 0 Å². The first-order chi connectivity index (χ1) is 20.8. The molecule has 0 aromatic heterocycles. The first kappa shape index (κ1) is 24.3. The highest BCUT2D eigenvalue weighted by atomic mass is 14.2. The average molecular weight is 533 g/mol. The van der Waals surface area contributed by atoms with Crippen LogP contribution in [0.5, 0.6) is 0 Å². The highest BCUT2D eigenvalue weighted by Crippen LogP contribution is 2.44. The average Bonchev–Trinajstić information content (AvgIpc) is 3.07.